The number of likely N-dealkylation sites (tertiary alicyclic amines) is 1. The fraction of sp³-hybridized carbons (Fsp3) is 0.283. The van der Waals surface area contributed by atoms with Crippen molar-refractivity contribution in [1.82, 2.24) is 4.90 Å². The summed E-state index contributed by atoms with van der Waals surface area (Å²) >= 11 is 0. The first kappa shape index (κ1) is 57.3. The minimum absolute atomic E-state index is 0.0332. The number of hydrogen-bond acceptors (Lipinski definition) is 15. The van der Waals surface area contributed by atoms with Crippen molar-refractivity contribution >= 4 is 47.8 Å². The molecule has 0 aromatic heterocycles. The van der Waals surface area contributed by atoms with Gasteiger partial charge in [-0.2, -0.15) is 0 Å². The lowest BCUT2D eigenvalue weighted by atomic mass is 9.95. The molecule has 0 radical (unpaired) electrons. The number of aliphatic carboxylic acids is 4. The molecule has 0 aliphatic carbocycles. The Balaban J connectivity index is 0.000000245. The zero-order valence-electron chi connectivity index (χ0n) is 40.3. The molecule has 1 aliphatic rings. The van der Waals surface area contributed by atoms with E-state index in [1.807, 2.05) is 6.07 Å². The van der Waals surface area contributed by atoms with Crippen molar-refractivity contribution in [2.24, 2.45) is 5.73 Å². The van der Waals surface area contributed by atoms with Crippen LogP contribution < -0.4 is 5.73 Å². The van der Waals surface area contributed by atoms with Gasteiger partial charge in [-0.3, -0.25) is 4.90 Å². The van der Waals surface area contributed by atoms with Gasteiger partial charge in [-0.15, -0.1) is 0 Å². The summed E-state index contributed by atoms with van der Waals surface area (Å²) in [7, 11) is 1.69. The number of carbonyl (C=O) groups is 8. The second-order valence-electron chi connectivity index (χ2n) is 16.7. The molecule has 1 aliphatic heterocycles. The lowest BCUT2D eigenvalue weighted by molar-refractivity contribution is -0.166. The van der Waals surface area contributed by atoms with E-state index in [-0.39, 0.29) is 40.0 Å². The number of hydrogen-bond donors (Lipinski definition) is 5. The number of nitrogens with two attached hydrogens (primary N) is 1. The summed E-state index contributed by atoms with van der Waals surface area (Å²) in [5, 5.41) is 37.3. The first-order valence-electron chi connectivity index (χ1n) is 22.3. The molecule has 386 valence electrons. The SMILES string of the molecule is COCCN1C[C@H](c2cccc(F)c2)[C@@H](N)C1.Cc1ccc(C(=O)O[C@H](C(=O)O)[C@H](OC(=O)c2ccc(C)cc2)C(=O)O)cc1.Cc1ccc(C(=O)O[C@H](C(=O)O)[C@H](OC(=O)c2ccc(C)cc2)C(=O)O)cc1. The predicted octanol–water partition coefficient (Wildman–Crippen LogP) is 5.65. The maximum absolute atomic E-state index is 13.2. The van der Waals surface area contributed by atoms with Crippen LogP contribution >= 0.6 is 0 Å². The van der Waals surface area contributed by atoms with Gasteiger partial charge in [0.15, 0.2) is 0 Å². The zero-order valence-corrected chi connectivity index (χ0v) is 40.3. The zero-order chi connectivity index (χ0) is 53.9. The highest BCUT2D eigenvalue weighted by atomic mass is 19.1. The standard InChI is InChI=1S/2C20H18O8.C13H19FN2O/c2*1-11-3-7-13(8-4-11)19(25)27-15(17(21)22)16(18(23)24)28-20(26)14-9-5-12(2)6-10-14;1-17-6-5-16-8-12(13(15)9-16)10-3-2-4-11(14)7-10/h2*3-10,15-16H,1-2H3,(H,21,22)(H,23,24);2-4,7,12-13H,5-6,8-9,15H2,1H3/t2*15-,16-;12-,13+/m001/s1. The molecule has 5 aromatic rings. The molecule has 5 aromatic carbocycles. The van der Waals surface area contributed by atoms with Crippen LogP contribution in [-0.2, 0) is 42.9 Å². The van der Waals surface area contributed by atoms with E-state index in [1.54, 1.807) is 95.5 Å². The van der Waals surface area contributed by atoms with E-state index in [0.29, 0.717) is 6.61 Å². The molecule has 20 heteroatoms. The maximum atomic E-state index is 13.2. The molecule has 1 saturated heterocycles. The minimum atomic E-state index is -2.22. The summed E-state index contributed by atoms with van der Waals surface area (Å²) < 4.78 is 37.5. The first-order valence-corrected chi connectivity index (χ1v) is 22.3. The van der Waals surface area contributed by atoms with Gasteiger partial charge >= 0.3 is 47.8 Å². The third kappa shape index (κ3) is 17.5. The van der Waals surface area contributed by atoms with Crippen molar-refractivity contribution in [2.45, 2.75) is 64.1 Å². The summed E-state index contributed by atoms with van der Waals surface area (Å²) in [5.41, 5.74) is 10.7. The van der Waals surface area contributed by atoms with Gasteiger partial charge in [0.25, 0.3) is 0 Å². The second-order valence-corrected chi connectivity index (χ2v) is 16.7. The van der Waals surface area contributed by atoms with E-state index >= 15 is 0 Å². The summed E-state index contributed by atoms with van der Waals surface area (Å²) in [5.74, 6) is -11.2. The average molecular weight is 1010 g/mol. The van der Waals surface area contributed by atoms with E-state index in [9.17, 15) is 63.2 Å². The highest BCUT2D eigenvalue weighted by Gasteiger charge is 2.42. The Morgan fingerprint density at radius 3 is 1.08 bits per heavy atom. The van der Waals surface area contributed by atoms with Crippen LogP contribution in [0.1, 0.15) is 75.2 Å². The van der Waals surface area contributed by atoms with Crippen LogP contribution in [0.5, 0.6) is 0 Å². The molecule has 0 bridgehead atoms. The second kappa shape index (κ2) is 27.3. The number of esters is 4. The Morgan fingerprint density at radius 1 is 0.521 bits per heavy atom. The van der Waals surface area contributed by atoms with Crippen molar-refractivity contribution in [2.75, 3.05) is 33.4 Å². The molecule has 0 saturated carbocycles. The molecular formula is C53H55FN2O17. The number of carboxylic acid groups (broad SMARTS) is 4. The molecular weight excluding hydrogens is 956 g/mol. The fourth-order valence-electron chi connectivity index (χ4n) is 6.87. The third-order valence-corrected chi connectivity index (χ3v) is 10.9. The topological polar surface area (TPSA) is 293 Å². The normalized spacial score (nSPS) is 15.5. The summed E-state index contributed by atoms with van der Waals surface area (Å²) in [6.07, 6.45) is -8.89. The predicted molar refractivity (Wildman–Crippen MR) is 258 cm³/mol. The average Bonchev–Trinajstić information content (AvgIpc) is 3.73. The molecule has 0 spiro atoms. The Bertz CT molecular complexity index is 2410. The van der Waals surface area contributed by atoms with E-state index in [2.05, 4.69) is 4.90 Å². The van der Waals surface area contributed by atoms with Crippen molar-refractivity contribution in [3.05, 3.63) is 177 Å². The number of carboxylic acids is 4. The summed E-state index contributed by atoms with van der Waals surface area (Å²) in [6.45, 7) is 10.5. The van der Waals surface area contributed by atoms with Gasteiger partial charge in [0.2, 0.25) is 24.4 Å². The number of rotatable bonds is 18. The number of methoxy groups -OCH3 is 1. The van der Waals surface area contributed by atoms with Crippen molar-refractivity contribution in [3.63, 3.8) is 0 Å². The number of halogens is 1. The molecule has 6 atom stereocenters. The fourth-order valence-corrected chi connectivity index (χ4v) is 6.87. The van der Waals surface area contributed by atoms with Gasteiger partial charge in [0, 0.05) is 38.7 Å². The number of carbonyl (C=O) groups excluding carboxylic acids is 4. The molecule has 1 heterocycles. The summed E-state index contributed by atoms with van der Waals surface area (Å²) in [4.78, 5) is 96.9. The smallest absolute Gasteiger partial charge is 0.349 e. The van der Waals surface area contributed by atoms with Crippen LogP contribution in [0.4, 0.5) is 4.39 Å². The lowest BCUT2D eigenvalue weighted by Crippen LogP contribution is -2.45. The van der Waals surface area contributed by atoms with Crippen LogP contribution in [0.2, 0.25) is 0 Å². The van der Waals surface area contributed by atoms with Crippen molar-refractivity contribution in [1.29, 1.82) is 0 Å². The number of nitrogens with zero attached hydrogens (tertiary/aromatic N) is 1. The van der Waals surface area contributed by atoms with Crippen LogP contribution in [-0.4, -0.2) is 137 Å². The Morgan fingerprint density at radius 2 is 0.822 bits per heavy atom. The van der Waals surface area contributed by atoms with Crippen LogP contribution in [0, 0.1) is 33.5 Å². The number of aryl methyl sites for hydroxylation is 4. The largest absolute Gasteiger partial charge is 0.478 e. The van der Waals surface area contributed by atoms with Gasteiger partial charge in [-0.05, 0) is 93.9 Å². The molecule has 0 unspecified atom stereocenters. The van der Waals surface area contributed by atoms with E-state index < -0.39 is 72.2 Å². The van der Waals surface area contributed by atoms with Gasteiger partial charge in [0.1, 0.15) is 5.82 Å². The van der Waals surface area contributed by atoms with Gasteiger partial charge in [0.05, 0.1) is 28.9 Å². The quantitative estimate of drug-likeness (QED) is 0.0524. The number of ether oxygens (including phenoxy) is 5. The highest BCUT2D eigenvalue weighted by Crippen LogP contribution is 2.27. The Hall–Kier alpha value is -8.33. The molecule has 1 fully saturated rings. The molecule has 6 rings (SSSR count). The van der Waals surface area contributed by atoms with E-state index in [4.69, 9.17) is 29.4 Å². The first-order chi connectivity index (χ1) is 34.6. The van der Waals surface area contributed by atoms with E-state index in [1.165, 1.54) is 54.6 Å². The van der Waals surface area contributed by atoms with Crippen LogP contribution in [0.25, 0.3) is 0 Å². The molecule has 6 N–H and O–H groups in total. The van der Waals surface area contributed by atoms with Gasteiger partial charge in [-0.25, -0.2) is 42.7 Å². The monoisotopic (exact) mass is 1010 g/mol. The third-order valence-electron chi connectivity index (χ3n) is 10.9. The van der Waals surface area contributed by atoms with E-state index in [0.717, 1.165) is 47.5 Å². The molecule has 73 heavy (non-hydrogen) atoms. The molecule has 0 amide bonds. The Labute approximate surface area is 418 Å². The summed E-state index contributed by atoms with van der Waals surface area (Å²) in [6, 6.07) is 31.0. The Kier molecular flexibility index (Phi) is 21.4. The molecule has 19 nitrogen and oxygen atoms in total. The maximum Gasteiger partial charge on any atom is 0.349 e. The van der Waals surface area contributed by atoms with Gasteiger partial charge < -0.3 is 49.8 Å². The van der Waals surface area contributed by atoms with Crippen molar-refractivity contribution in [3.8, 4) is 0 Å². The van der Waals surface area contributed by atoms with Crippen LogP contribution in [0.3, 0.4) is 0 Å². The lowest BCUT2D eigenvalue weighted by Gasteiger charge is -2.21. The van der Waals surface area contributed by atoms with Crippen molar-refractivity contribution < 1.29 is 86.9 Å². The minimum Gasteiger partial charge on any atom is -0.478 e. The number of benzene rings is 5. The highest BCUT2D eigenvalue weighted by molar-refractivity contribution is 5.96. The van der Waals surface area contributed by atoms with Crippen LogP contribution in [0.15, 0.2) is 121 Å². The van der Waals surface area contributed by atoms with Gasteiger partial charge in [-0.1, -0.05) is 82.9 Å².